The summed E-state index contributed by atoms with van der Waals surface area (Å²) in [5.74, 6) is 0. The smallest absolute Gasteiger partial charge is 0.303 e. The molecule has 0 N–H and O–H groups in total. The summed E-state index contributed by atoms with van der Waals surface area (Å²) >= 11 is 0. The van der Waals surface area contributed by atoms with Crippen molar-refractivity contribution < 1.29 is 18.0 Å². The molecule has 80 valence electrons. The van der Waals surface area contributed by atoms with Crippen LogP contribution in [0.4, 0.5) is 13.2 Å². The van der Waals surface area contributed by atoms with E-state index in [0.29, 0.717) is 17.4 Å². The van der Waals surface area contributed by atoms with Crippen LogP contribution in [0.1, 0.15) is 17.5 Å². The fraction of sp³-hybridized carbons (Fsp3) is 0.182. The molecule has 0 aromatic heterocycles. The van der Waals surface area contributed by atoms with E-state index in [-0.39, 0.29) is 6.42 Å². The first-order valence-corrected chi connectivity index (χ1v) is 4.24. The van der Waals surface area contributed by atoms with Crippen molar-refractivity contribution in [3.8, 4) is 0 Å². The molecule has 0 saturated carbocycles. The van der Waals surface area contributed by atoms with Crippen LogP contribution in [0.25, 0.3) is 5.57 Å². The maximum Gasteiger partial charge on any atom is 0.416 e. The molecular formula is C11H9F3O. The summed E-state index contributed by atoms with van der Waals surface area (Å²) in [5, 5.41) is 0. The molecule has 0 radical (unpaired) electrons. The Morgan fingerprint density at radius 1 is 1.40 bits per heavy atom. The lowest BCUT2D eigenvalue weighted by Gasteiger charge is -2.08. The topological polar surface area (TPSA) is 17.1 Å². The molecule has 0 bridgehead atoms. The number of halogens is 3. The van der Waals surface area contributed by atoms with Crippen molar-refractivity contribution in [2.75, 3.05) is 0 Å². The van der Waals surface area contributed by atoms with Crippen LogP contribution in [0.15, 0.2) is 30.8 Å². The average molecular weight is 214 g/mol. The third kappa shape index (κ3) is 2.94. The average Bonchev–Trinajstić information content (AvgIpc) is 2.17. The summed E-state index contributed by atoms with van der Waals surface area (Å²) in [5.41, 5.74) is 0.0000685. The second kappa shape index (κ2) is 4.29. The van der Waals surface area contributed by atoms with E-state index in [1.54, 1.807) is 0 Å². The van der Waals surface area contributed by atoms with E-state index in [0.717, 1.165) is 12.1 Å². The molecule has 1 aromatic rings. The van der Waals surface area contributed by atoms with Crippen LogP contribution in [0.5, 0.6) is 0 Å². The highest BCUT2D eigenvalue weighted by Gasteiger charge is 2.30. The standard InChI is InChI=1S/C11H9F3O/c1-8(5-6-15)9-3-2-4-10(7-9)11(12,13)14/h2-4,6-7H,1,5H2. The minimum Gasteiger partial charge on any atom is -0.303 e. The Balaban J connectivity index is 3.03. The molecule has 0 aliphatic heterocycles. The van der Waals surface area contributed by atoms with Gasteiger partial charge in [0, 0.05) is 6.42 Å². The minimum absolute atomic E-state index is 0.0430. The number of hydrogen-bond acceptors (Lipinski definition) is 1. The highest BCUT2D eigenvalue weighted by atomic mass is 19.4. The Labute approximate surface area is 85.2 Å². The summed E-state index contributed by atoms with van der Waals surface area (Å²) < 4.78 is 37.0. The van der Waals surface area contributed by atoms with Gasteiger partial charge in [-0.1, -0.05) is 18.7 Å². The van der Waals surface area contributed by atoms with Gasteiger partial charge in [0.1, 0.15) is 6.29 Å². The second-order valence-electron chi connectivity index (χ2n) is 3.05. The Morgan fingerprint density at radius 3 is 2.60 bits per heavy atom. The minimum atomic E-state index is -4.36. The first-order valence-electron chi connectivity index (χ1n) is 4.24. The third-order valence-electron chi connectivity index (χ3n) is 1.93. The number of benzene rings is 1. The zero-order valence-corrected chi connectivity index (χ0v) is 7.84. The Bertz CT molecular complexity index is 380. The molecule has 0 atom stereocenters. The Hall–Kier alpha value is -1.58. The summed E-state index contributed by atoms with van der Waals surface area (Å²) in [6, 6.07) is 4.78. The van der Waals surface area contributed by atoms with E-state index in [1.165, 1.54) is 12.1 Å². The predicted molar refractivity (Wildman–Crippen MR) is 51.2 cm³/mol. The summed E-state index contributed by atoms with van der Waals surface area (Å²) in [4.78, 5) is 10.2. The number of alkyl halides is 3. The maximum atomic E-state index is 12.3. The van der Waals surface area contributed by atoms with E-state index >= 15 is 0 Å². The van der Waals surface area contributed by atoms with Gasteiger partial charge in [0.05, 0.1) is 5.56 Å². The molecule has 0 unspecified atom stereocenters. The van der Waals surface area contributed by atoms with Crippen molar-refractivity contribution in [1.82, 2.24) is 0 Å². The Kier molecular flexibility index (Phi) is 3.29. The van der Waals surface area contributed by atoms with Crippen molar-refractivity contribution in [3.05, 3.63) is 42.0 Å². The fourth-order valence-corrected chi connectivity index (χ4v) is 1.13. The van der Waals surface area contributed by atoms with Crippen LogP contribution in [0.2, 0.25) is 0 Å². The zero-order valence-electron chi connectivity index (χ0n) is 7.84. The van der Waals surface area contributed by atoms with Crippen LogP contribution >= 0.6 is 0 Å². The van der Waals surface area contributed by atoms with Gasteiger partial charge in [0.2, 0.25) is 0 Å². The van der Waals surface area contributed by atoms with Gasteiger partial charge in [-0.2, -0.15) is 13.2 Å². The van der Waals surface area contributed by atoms with E-state index in [1.807, 2.05) is 0 Å². The Morgan fingerprint density at radius 2 is 2.07 bits per heavy atom. The largest absolute Gasteiger partial charge is 0.416 e. The number of carbonyl (C=O) groups is 1. The van der Waals surface area contributed by atoms with Gasteiger partial charge in [0.15, 0.2) is 0 Å². The molecule has 1 aromatic carbocycles. The number of hydrogen-bond donors (Lipinski definition) is 0. The molecule has 0 amide bonds. The summed E-state index contributed by atoms with van der Waals surface area (Å²) in [6.07, 6.45) is -3.71. The van der Waals surface area contributed by atoms with E-state index in [2.05, 4.69) is 6.58 Å². The van der Waals surface area contributed by atoms with Gasteiger partial charge in [-0.15, -0.1) is 0 Å². The molecule has 4 heteroatoms. The normalized spacial score (nSPS) is 11.1. The van der Waals surface area contributed by atoms with Gasteiger partial charge in [-0.05, 0) is 23.3 Å². The molecule has 0 saturated heterocycles. The van der Waals surface area contributed by atoms with Crippen LogP contribution in [-0.4, -0.2) is 6.29 Å². The van der Waals surface area contributed by atoms with E-state index < -0.39 is 11.7 Å². The highest BCUT2D eigenvalue weighted by Crippen LogP contribution is 2.30. The van der Waals surface area contributed by atoms with Gasteiger partial charge in [-0.3, -0.25) is 0 Å². The van der Waals surface area contributed by atoms with Crippen LogP contribution in [0.3, 0.4) is 0 Å². The highest BCUT2D eigenvalue weighted by molar-refractivity contribution is 5.75. The molecule has 0 aliphatic carbocycles. The molecule has 1 rings (SSSR count). The molecule has 0 heterocycles. The molecular weight excluding hydrogens is 205 g/mol. The number of carbonyl (C=O) groups excluding carboxylic acids is 1. The van der Waals surface area contributed by atoms with Crippen LogP contribution in [-0.2, 0) is 11.0 Å². The maximum absolute atomic E-state index is 12.3. The lowest BCUT2D eigenvalue weighted by Crippen LogP contribution is -2.05. The molecule has 0 spiro atoms. The van der Waals surface area contributed by atoms with Crippen molar-refractivity contribution in [3.63, 3.8) is 0 Å². The third-order valence-corrected chi connectivity index (χ3v) is 1.93. The monoisotopic (exact) mass is 214 g/mol. The first-order chi connectivity index (χ1) is 6.95. The van der Waals surface area contributed by atoms with Gasteiger partial charge in [0.25, 0.3) is 0 Å². The zero-order chi connectivity index (χ0) is 11.5. The fourth-order valence-electron chi connectivity index (χ4n) is 1.13. The SMILES string of the molecule is C=C(CC=O)c1cccc(C(F)(F)F)c1. The van der Waals surface area contributed by atoms with Crippen molar-refractivity contribution in [2.45, 2.75) is 12.6 Å². The van der Waals surface area contributed by atoms with Crippen LogP contribution in [0, 0.1) is 0 Å². The van der Waals surface area contributed by atoms with Gasteiger partial charge < -0.3 is 4.79 Å². The number of aldehydes is 1. The summed E-state index contributed by atoms with van der Waals surface area (Å²) in [6.45, 7) is 3.54. The van der Waals surface area contributed by atoms with Gasteiger partial charge in [-0.25, -0.2) is 0 Å². The van der Waals surface area contributed by atoms with E-state index in [9.17, 15) is 18.0 Å². The van der Waals surface area contributed by atoms with E-state index in [4.69, 9.17) is 0 Å². The number of rotatable bonds is 3. The lowest BCUT2D eigenvalue weighted by atomic mass is 10.0. The summed E-state index contributed by atoms with van der Waals surface area (Å²) in [7, 11) is 0. The quantitative estimate of drug-likeness (QED) is 0.705. The lowest BCUT2D eigenvalue weighted by molar-refractivity contribution is -0.137. The number of allylic oxidation sites excluding steroid dienone is 1. The molecule has 15 heavy (non-hydrogen) atoms. The predicted octanol–water partition coefficient (Wildman–Crippen LogP) is 3.31. The van der Waals surface area contributed by atoms with Gasteiger partial charge >= 0.3 is 6.18 Å². The van der Waals surface area contributed by atoms with Crippen molar-refractivity contribution in [1.29, 1.82) is 0 Å². The van der Waals surface area contributed by atoms with Crippen molar-refractivity contribution in [2.24, 2.45) is 0 Å². The molecule has 0 fully saturated rings. The first kappa shape index (κ1) is 11.5. The second-order valence-corrected chi connectivity index (χ2v) is 3.05. The molecule has 1 nitrogen and oxygen atoms in total. The van der Waals surface area contributed by atoms with Crippen LogP contribution < -0.4 is 0 Å². The molecule has 0 aliphatic rings. The van der Waals surface area contributed by atoms with Crippen molar-refractivity contribution >= 4 is 11.9 Å².